The van der Waals surface area contributed by atoms with Crippen LogP contribution in [0.5, 0.6) is 0 Å². The summed E-state index contributed by atoms with van der Waals surface area (Å²) in [6.07, 6.45) is 7.18. The van der Waals surface area contributed by atoms with Gasteiger partial charge in [0.15, 0.2) is 5.82 Å². The zero-order valence-electron chi connectivity index (χ0n) is 19.7. The Morgan fingerprint density at radius 1 is 0.895 bits per heavy atom. The van der Waals surface area contributed by atoms with Gasteiger partial charge in [-0.05, 0) is 29.8 Å². The molecule has 0 radical (unpaired) electrons. The van der Waals surface area contributed by atoms with E-state index in [2.05, 4.69) is 10.1 Å². The topological polar surface area (TPSA) is 108 Å². The molecule has 0 saturated heterocycles. The molecule has 0 aliphatic heterocycles. The first-order valence-electron chi connectivity index (χ1n) is 11.6. The summed E-state index contributed by atoms with van der Waals surface area (Å²) in [5.41, 5.74) is 3.21. The highest BCUT2D eigenvalue weighted by Crippen LogP contribution is 2.27. The smallest absolute Gasteiger partial charge is 0.266 e. The van der Waals surface area contributed by atoms with Crippen LogP contribution in [0.4, 0.5) is 5.69 Å². The van der Waals surface area contributed by atoms with Crippen LogP contribution in [0.15, 0.2) is 95.9 Å². The molecule has 3 heterocycles. The Labute approximate surface area is 219 Å². The van der Waals surface area contributed by atoms with Crippen molar-refractivity contribution in [3.8, 4) is 16.9 Å². The largest absolute Gasteiger partial charge is 0.291 e. The first-order chi connectivity index (χ1) is 18.5. The number of nitrogens with zero attached hydrogens (tertiary/aromatic N) is 6. The third-order valence-corrected chi connectivity index (χ3v) is 6.76. The van der Waals surface area contributed by atoms with E-state index in [1.54, 1.807) is 35.2 Å². The summed E-state index contributed by atoms with van der Waals surface area (Å²) < 4.78 is 3.40. The maximum atomic E-state index is 13.2. The summed E-state index contributed by atoms with van der Waals surface area (Å²) in [7, 11) is 0. The lowest BCUT2D eigenvalue weighted by Crippen LogP contribution is -2.23. The number of aromatic nitrogens is 5. The minimum Gasteiger partial charge on any atom is -0.266 e. The standard InChI is InChI=1S/C28H18N6O3S/c35-27-24(38-28-29-25(30-33(27)28)15-14-19-8-3-1-4-9-19)17-21-18-32(22-11-5-2-6-12-22)31-26(21)20-10-7-13-23(16-20)34(36)37/h1-18H/b15-14+,24-17-. The summed E-state index contributed by atoms with van der Waals surface area (Å²) in [5, 5.41) is 20.4. The highest BCUT2D eigenvalue weighted by molar-refractivity contribution is 7.15. The lowest BCUT2D eigenvalue weighted by atomic mass is 10.1. The Bertz CT molecular complexity index is 1920. The molecule has 0 amide bonds. The van der Waals surface area contributed by atoms with E-state index in [0.29, 0.717) is 32.1 Å². The Balaban J connectivity index is 1.44. The van der Waals surface area contributed by atoms with Gasteiger partial charge in [0, 0.05) is 29.5 Å². The molecule has 0 unspecified atom stereocenters. The molecule has 10 heteroatoms. The molecule has 38 heavy (non-hydrogen) atoms. The number of fused-ring (bicyclic) bond motifs is 1. The molecule has 9 nitrogen and oxygen atoms in total. The SMILES string of the molecule is O=c1/c(=C/c2cn(-c3ccccc3)nc2-c2cccc([N+](=O)[O-])c2)sc2nc(/C=C/c3ccccc3)nn12. The fraction of sp³-hybridized carbons (Fsp3) is 0. The van der Waals surface area contributed by atoms with Crippen molar-refractivity contribution >= 4 is 40.2 Å². The second-order valence-electron chi connectivity index (χ2n) is 8.34. The molecule has 0 spiro atoms. The third kappa shape index (κ3) is 4.51. The van der Waals surface area contributed by atoms with E-state index in [4.69, 9.17) is 5.10 Å². The van der Waals surface area contributed by atoms with Gasteiger partial charge >= 0.3 is 0 Å². The van der Waals surface area contributed by atoms with Gasteiger partial charge in [0.25, 0.3) is 11.2 Å². The molecule has 0 fully saturated rings. The van der Waals surface area contributed by atoms with E-state index < -0.39 is 4.92 Å². The van der Waals surface area contributed by atoms with Crippen molar-refractivity contribution in [3.05, 3.63) is 133 Å². The minimum atomic E-state index is -0.444. The van der Waals surface area contributed by atoms with Crippen LogP contribution in [-0.4, -0.2) is 29.3 Å². The summed E-state index contributed by atoms with van der Waals surface area (Å²) in [5.74, 6) is 0.443. The normalized spacial score (nSPS) is 12.1. The Morgan fingerprint density at radius 2 is 1.66 bits per heavy atom. The molecule has 0 bridgehead atoms. The lowest BCUT2D eigenvalue weighted by molar-refractivity contribution is -0.384. The van der Waals surface area contributed by atoms with Crippen LogP contribution in [0.25, 0.3) is 40.1 Å². The van der Waals surface area contributed by atoms with Gasteiger partial charge in [0.2, 0.25) is 4.96 Å². The second kappa shape index (κ2) is 9.68. The maximum absolute atomic E-state index is 13.2. The molecule has 0 N–H and O–H groups in total. The average Bonchev–Trinajstić information content (AvgIpc) is 3.63. The molecule has 0 atom stereocenters. The number of benzene rings is 3. The van der Waals surface area contributed by atoms with Crippen LogP contribution in [0.2, 0.25) is 0 Å². The molecular weight excluding hydrogens is 500 g/mol. The van der Waals surface area contributed by atoms with Crippen LogP contribution in [0.3, 0.4) is 0 Å². The molecule has 0 aliphatic rings. The van der Waals surface area contributed by atoms with Gasteiger partial charge in [-0.2, -0.15) is 14.6 Å². The van der Waals surface area contributed by atoms with E-state index in [1.807, 2.05) is 66.7 Å². The number of nitro groups is 1. The number of non-ortho nitro benzene ring substituents is 1. The number of para-hydroxylation sites is 1. The number of nitro benzene ring substituents is 1. The highest BCUT2D eigenvalue weighted by Gasteiger charge is 2.16. The van der Waals surface area contributed by atoms with Crippen LogP contribution >= 0.6 is 11.3 Å². The zero-order chi connectivity index (χ0) is 26.1. The van der Waals surface area contributed by atoms with E-state index in [-0.39, 0.29) is 11.2 Å². The Kier molecular flexibility index (Phi) is 5.91. The van der Waals surface area contributed by atoms with Gasteiger partial charge in [-0.15, -0.1) is 5.10 Å². The van der Waals surface area contributed by atoms with Gasteiger partial charge < -0.3 is 0 Å². The lowest BCUT2D eigenvalue weighted by Gasteiger charge is -2.00. The summed E-state index contributed by atoms with van der Waals surface area (Å²) in [6, 6.07) is 25.5. The van der Waals surface area contributed by atoms with E-state index in [0.717, 1.165) is 11.3 Å². The van der Waals surface area contributed by atoms with E-state index in [9.17, 15) is 14.9 Å². The molecule has 0 aliphatic carbocycles. The minimum absolute atomic E-state index is 0.0397. The molecule has 6 aromatic rings. The van der Waals surface area contributed by atoms with E-state index in [1.165, 1.54) is 28.0 Å². The monoisotopic (exact) mass is 518 g/mol. The van der Waals surface area contributed by atoms with Crippen molar-refractivity contribution in [1.82, 2.24) is 24.4 Å². The number of rotatable bonds is 6. The van der Waals surface area contributed by atoms with Gasteiger partial charge in [-0.25, -0.2) is 4.68 Å². The summed E-state index contributed by atoms with van der Waals surface area (Å²) in [6.45, 7) is 0. The van der Waals surface area contributed by atoms with Gasteiger partial charge in [0.1, 0.15) is 5.69 Å². The number of hydrogen-bond donors (Lipinski definition) is 0. The molecule has 3 aromatic heterocycles. The molecule has 6 rings (SSSR count). The third-order valence-electron chi connectivity index (χ3n) is 5.80. The van der Waals surface area contributed by atoms with Crippen molar-refractivity contribution in [2.75, 3.05) is 0 Å². The fourth-order valence-electron chi connectivity index (χ4n) is 3.99. The second-order valence-corrected chi connectivity index (χ2v) is 9.35. The van der Waals surface area contributed by atoms with Gasteiger partial charge in [-0.1, -0.05) is 78.1 Å². The summed E-state index contributed by atoms with van der Waals surface area (Å²) in [4.78, 5) is 29.1. The first kappa shape index (κ1) is 23.2. The van der Waals surface area contributed by atoms with Crippen molar-refractivity contribution in [3.63, 3.8) is 0 Å². The molecular formula is C28H18N6O3S. The zero-order valence-corrected chi connectivity index (χ0v) is 20.5. The predicted octanol–water partition coefficient (Wildman–Crippen LogP) is 4.63. The van der Waals surface area contributed by atoms with Crippen molar-refractivity contribution < 1.29 is 4.92 Å². The number of hydrogen-bond acceptors (Lipinski definition) is 7. The average molecular weight is 519 g/mol. The molecule has 0 saturated carbocycles. The predicted molar refractivity (Wildman–Crippen MR) is 147 cm³/mol. The summed E-state index contributed by atoms with van der Waals surface area (Å²) >= 11 is 1.22. The van der Waals surface area contributed by atoms with Crippen LogP contribution in [0, 0.1) is 10.1 Å². The van der Waals surface area contributed by atoms with Crippen LogP contribution in [0.1, 0.15) is 17.0 Å². The quantitative estimate of drug-likeness (QED) is 0.235. The Hall–Kier alpha value is -5.22. The van der Waals surface area contributed by atoms with Crippen molar-refractivity contribution in [2.45, 2.75) is 0 Å². The fourth-order valence-corrected chi connectivity index (χ4v) is 4.90. The number of thiazole rings is 1. The van der Waals surface area contributed by atoms with Crippen molar-refractivity contribution in [1.29, 1.82) is 0 Å². The Morgan fingerprint density at radius 3 is 2.39 bits per heavy atom. The van der Waals surface area contributed by atoms with Crippen LogP contribution < -0.4 is 10.1 Å². The maximum Gasteiger partial charge on any atom is 0.291 e. The van der Waals surface area contributed by atoms with Gasteiger partial charge in [-0.3, -0.25) is 14.9 Å². The van der Waals surface area contributed by atoms with Crippen LogP contribution in [-0.2, 0) is 0 Å². The molecule has 3 aromatic carbocycles. The highest BCUT2D eigenvalue weighted by atomic mass is 32.1. The first-order valence-corrected chi connectivity index (χ1v) is 12.4. The molecule has 184 valence electrons. The van der Waals surface area contributed by atoms with Crippen molar-refractivity contribution in [2.24, 2.45) is 0 Å². The van der Waals surface area contributed by atoms with E-state index >= 15 is 0 Å². The van der Waals surface area contributed by atoms with Gasteiger partial charge in [0.05, 0.1) is 15.1 Å².